The molecule has 0 aliphatic carbocycles. The third kappa shape index (κ3) is 5.11. The Hall–Kier alpha value is -1.85. The first-order valence-corrected chi connectivity index (χ1v) is 6.31. The van der Waals surface area contributed by atoms with Gasteiger partial charge in [0.1, 0.15) is 0 Å². The van der Waals surface area contributed by atoms with Crippen LogP contribution in [0.3, 0.4) is 0 Å². The Morgan fingerprint density at radius 2 is 1.74 bits per heavy atom. The molecule has 0 heterocycles. The van der Waals surface area contributed by atoms with E-state index >= 15 is 0 Å². The first kappa shape index (κ1) is 17.2. The van der Waals surface area contributed by atoms with Crippen molar-refractivity contribution in [1.29, 1.82) is 0 Å². The summed E-state index contributed by atoms with van der Waals surface area (Å²) in [7, 11) is 0. The fourth-order valence-electron chi connectivity index (χ4n) is 1.86. The number of nitrogens with two attached hydrogens (primary N) is 2. The molecule has 0 radical (unpaired) electrons. The SMILES string of the molecule is C=C(C(=O)OCC)C(C(N)=O)C(CCCC)C(N)=O. The minimum absolute atomic E-state index is 0.116. The molecule has 0 aliphatic rings. The molecular formula is C13H22N2O4. The van der Waals surface area contributed by atoms with Crippen LogP contribution in [0.5, 0.6) is 0 Å². The van der Waals surface area contributed by atoms with Gasteiger partial charge in [-0.3, -0.25) is 9.59 Å². The fraction of sp³-hybridized carbons (Fsp3) is 0.615. The average Bonchev–Trinajstić information content (AvgIpc) is 2.33. The zero-order chi connectivity index (χ0) is 15.0. The van der Waals surface area contributed by atoms with Crippen LogP contribution in [0.4, 0.5) is 0 Å². The van der Waals surface area contributed by atoms with Gasteiger partial charge in [0.15, 0.2) is 0 Å². The number of esters is 1. The molecule has 0 aromatic carbocycles. The van der Waals surface area contributed by atoms with Crippen molar-refractivity contribution >= 4 is 17.8 Å². The highest BCUT2D eigenvalue weighted by atomic mass is 16.5. The van der Waals surface area contributed by atoms with Gasteiger partial charge in [-0.1, -0.05) is 26.3 Å². The number of amides is 2. The lowest BCUT2D eigenvalue weighted by molar-refractivity contribution is -0.141. The molecule has 19 heavy (non-hydrogen) atoms. The third-order valence-electron chi connectivity index (χ3n) is 2.86. The van der Waals surface area contributed by atoms with Crippen LogP contribution in [0.2, 0.25) is 0 Å². The van der Waals surface area contributed by atoms with Crippen LogP contribution in [-0.4, -0.2) is 24.4 Å². The number of hydrogen-bond donors (Lipinski definition) is 2. The maximum atomic E-state index is 11.6. The largest absolute Gasteiger partial charge is 0.463 e. The Bertz CT molecular complexity index is 366. The fourth-order valence-corrected chi connectivity index (χ4v) is 1.86. The third-order valence-corrected chi connectivity index (χ3v) is 2.86. The highest BCUT2D eigenvalue weighted by molar-refractivity contribution is 5.98. The molecule has 108 valence electrons. The molecule has 6 heteroatoms. The van der Waals surface area contributed by atoms with E-state index in [2.05, 4.69) is 6.58 Å². The molecule has 0 saturated carbocycles. The minimum atomic E-state index is -1.11. The molecular weight excluding hydrogens is 248 g/mol. The molecule has 4 N–H and O–H groups in total. The van der Waals surface area contributed by atoms with E-state index in [0.717, 1.165) is 6.42 Å². The standard InChI is InChI=1S/C13H22N2O4/c1-4-6-7-9(11(14)16)10(12(15)17)8(3)13(18)19-5-2/h9-10H,3-7H2,1-2H3,(H2,14,16)(H2,15,17). The van der Waals surface area contributed by atoms with E-state index in [9.17, 15) is 14.4 Å². The number of carbonyl (C=O) groups is 3. The van der Waals surface area contributed by atoms with Gasteiger partial charge in [0, 0.05) is 5.57 Å². The maximum Gasteiger partial charge on any atom is 0.334 e. The Labute approximate surface area is 113 Å². The van der Waals surface area contributed by atoms with Crippen LogP contribution in [0.25, 0.3) is 0 Å². The number of unbranched alkanes of at least 4 members (excludes halogenated alkanes) is 1. The molecule has 0 aromatic heterocycles. The van der Waals surface area contributed by atoms with Crippen molar-refractivity contribution in [3.8, 4) is 0 Å². The van der Waals surface area contributed by atoms with E-state index in [-0.39, 0.29) is 12.2 Å². The summed E-state index contributed by atoms with van der Waals surface area (Å²) in [5.41, 5.74) is 10.4. The summed E-state index contributed by atoms with van der Waals surface area (Å²) in [4.78, 5) is 34.6. The molecule has 0 spiro atoms. The zero-order valence-corrected chi connectivity index (χ0v) is 11.5. The molecule has 2 amide bonds. The van der Waals surface area contributed by atoms with Crippen molar-refractivity contribution in [2.45, 2.75) is 33.1 Å². The first-order chi connectivity index (χ1) is 8.86. The normalized spacial score (nSPS) is 13.4. The van der Waals surface area contributed by atoms with E-state index in [4.69, 9.17) is 16.2 Å². The second-order valence-electron chi connectivity index (χ2n) is 4.28. The topological polar surface area (TPSA) is 112 Å². The van der Waals surface area contributed by atoms with Crippen molar-refractivity contribution in [1.82, 2.24) is 0 Å². The van der Waals surface area contributed by atoms with Gasteiger partial charge in [-0.2, -0.15) is 0 Å². The van der Waals surface area contributed by atoms with Crippen molar-refractivity contribution in [2.75, 3.05) is 6.61 Å². The van der Waals surface area contributed by atoms with Crippen molar-refractivity contribution in [3.05, 3.63) is 12.2 Å². The minimum Gasteiger partial charge on any atom is -0.463 e. The van der Waals surface area contributed by atoms with Crippen LogP contribution in [0.15, 0.2) is 12.2 Å². The number of hydrogen-bond acceptors (Lipinski definition) is 4. The summed E-state index contributed by atoms with van der Waals surface area (Å²) in [6, 6.07) is 0. The smallest absolute Gasteiger partial charge is 0.334 e. The first-order valence-electron chi connectivity index (χ1n) is 6.31. The molecule has 6 nitrogen and oxygen atoms in total. The van der Waals surface area contributed by atoms with Crippen LogP contribution in [-0.2, 0) is 19.1 Å². The second-order valence-corrected chi connectivity index (χ2v) is 4.28. The van der Waals surface area contributed by atoms with Crippen LogP contribution in [0.1, 0.15) is 33.1 Å². The lowest BCUT2D eigenvalue weighted by Crippen LogP contribution is -2.40. The number of ether oxygens (including phenoxy) is 1. The molecule has 2 unspecified atom stereocenters. The lowest BCUT2D eigenvalue weighted by Gasteiger charge is -2.22. The molecule has 0 rings (SSSR count). The number of carbonyl (C=O) groups excluding carboxylic acids is 3. The van der Waals surface area contributed by atoms with Crippen molar-refractivity contribution < 1.29 is 19.1 Å². The Balaban J connectivity index is 5.14. The predicted octanol–water partition coefficient (Wildman–Crippen LogP) is 0.499. The van der Waals surface area contributed by atoms with Crippen molar-refractivity contribution in [3.63, 3.8) is 0 Å². The number of primary amides is 2. The summed E-state index contributed by atoms with van der Waals surface area (Å²) in [5, 5.41) is 0. The van der Waals surface area contributed by atoms with Gasteiger partial charge in [-0.25, -0.2) is 4.79 Å². The second kappa shape index (κ2) is 8.29. The van der Waals surface area contributed by atoms with Gasteiger partial charge in [0.25, 0.3) is 0 Å². The van der Waals surface area contributed by atoms with Crippen molar-refractivity contribution in [2.24, 2.45) is 23.3 Å². The van der Waals surface area contributed by atoms with Gasteiger partial charge in [-0.05, 0) is 13.3 Å². The Morgan fingerprint density at radius 3 is 2.11 bits per heavy atom. The Morgan fingerprint density at radius 1 is 1.16 bits per heavy atom. The van der Waals surface area contributed by atoms with Gasteiger partial charge < -0.3 is 16.2 Å². The molecule has 2 atom stereocenters. The van der Waals surface area contributed by atoms with Gasteiger partial charge >= 0.3 is 5.97 Å². The van der Waals surface area contributed by atoms with E-state index in [1.807, 2.05) is 6.92 Å². The lowest BCUT2D eigenvalue weighted by atomic mass is 9.82. The maximum absolute atomic E-state index is 11.6. The quantitative estimate of drug-likeness (QED) is 0.469. The summed E-state index contributed by atoms with van der Waals surface area (Å²) in [5.74, 6) is -4.12. The van der Waals surface area contributed by atoms with E-state index in [0.29, 0.717) is 12.8 Å². The average molecular weight is 270 g/mol. The van der Waals surface area contributed by atoms with Crippen LogP contribution >= 0.6 is 0 Å². The molecule has 0 saturated heterocycles. The van der Waals surface area contributed by atoms with E-state index in [1.54, 1.807) is 6.92 Å². The zero-order valence-electron chi connectivity index (χ0n) is 11.5. The van der Waals surface area contributed by atoms with Gasteiger partial charge in [0.05, 0.1) is 18.4 Å². The summed E-state index contributed by atoms with van der Waals surface area (Å²) >= 11 is 0. The van der Waals surface area contributed by atoms with Gasteiger partial charge in [0.2, 0.25) is 11.8 Å². The van der Waals surface area contributed by atoms with E-state index in [1.165, 1.54) is 0 Å². The summed E-state index contributed by atoms with van der Waals surface area (Å²) in [6.45, 7) is 7.25. The highest BCUT2D eigenvalue weighted by Crippen LogP contribution is 2.25. The number of rotatable bonds is 9. The van der Waals surface area contributed by atoms with E-state index < -0.39 is 29.6 Å². The van der Waals surface area contributed by atoms with Crippen LogP contribution < -0.4 is 11.5 Å². The highest BCUT2D eigenvalue weighted by Gasteiger charge is 2.35. The molecule has 0 aliphatic heterocycles. The Kier molecular flexibility index (Phi) is 7.48. The molecule has 0 aromatic rings. The predicted molar refractivity (Wildman–Crippen MR) is 70.7 cm³/mol. The monoisotopic (exact) mass is 270 g/mol. The van der Waals surface area contributed by atoms with Gasteiger partial charge in [-0.15, -0.1) is 0 Å². The summed E-state index contributed by atoms with van der Waals surface area (Å²) in [6.07, 6.45) is 1.92. The molecule has 0 fully saturated rings. The van der Waals surface area contributed by atoms with Crippen LogP contribution in [0, 0.1) is 11.8 Å². The summed E-state index contributed by atoms with van der Waals surface area (Å²) < 4.78 is 4.77. The molecule has 0 bridgehead atoms.